The smallest absolute Gasteiger partial charge is 0.376 e. The average molecular weight is 478 g/mol. The average Bonchev–Trinajstić information content (AvgIpc) is 3.17. The first-order chi connectivity index (χ1) is 16.1. The minimum atomic E-state index is -4.54. The van der Waals surface area contributed by atoms with Crippen molar-refractivity contribution in [3.63, 3.8) is 0 Å². The highest BCUT2D eigenvalue weighted by Crippen LogP contribution is 2.32. The van der Waals surface area contributed by atoms with Gasteiger partial charge in [-0.2, -0.15) is 18.3 Å². The first-order valence-electron chi connectivity index (χ1n) is 11.4. The molecule has 1 aliphatic heterocycles. The number of nitrogens with one attached hydrogen (secondary N) is 1. The largest absolute Gasteiger partial charge is 0.416 e. The molecule has 2 aromatic rings. The summed E-state index contributed by atoms with van der Waals surface area (Å²) < 4.78 is 56.6. The number of nitrogens with zero attached hydrogens (tertiary/aromatic N) is 4. The van der Waals surface area contributed by atoms with Crippen LogP contribution in [0.15, 0.2) is 65.4 Å². The van der Waals surface area contributed by atoms with E-state index in [9.17, 15) is 17.6 Å². The Bertz CT molecular complexity index is 1120. The van der Waals surface area contributed by atoms with Crippen molar-refractivity contribution in [2.45, 2.75) is 58.7 Å². The summed E-state index contributed by atoms with van der Waals surface area (Å²) in [7, 11) is 1.93. The van der Waals surface area contributed by atoms with Gasteiger partial charge in [0.05, 0.1) is 17.3 Å². The molecule has 0 bridgehead atoms. The zero-order valence-corrected chi connectivity index (χ0v) is 20.0. The molecule has 0 aliphatic carbocycles. The molecule has 5 nitrogen and oxygen atoms in total. The summed E-state index contributed by atoms with van der Waals surface area (Å²) in [5.74, 6) is 0.0159. The van der Waals surface area contributed by atoms with Crippen LogP contribution in [-0.2, 0) is 0 Å². The number of alkyl halides is 3. The third-order valence-corrected chi connectivity index (χ3v) is 5.78. The van der Waals surface area contributed by atoms with Gasteiger partial charge in [0.25, 0.3) is 0 Å². The Balaban J connectivity index is 1.93. The number of rotatable bonds is 7. The van der Waals surface area contributed by atoms with Gasteiger partial charge in [-0.3, -0.25) is 0 Å². The van der Waals surface area contributed by atoms with Crippen LogP contribution in [0.5, 0.6) is 0 Å². The van der Waals surface area contributed by atoms with Crippen molar-refractivity contribution in [1.29, 1.82) is 0 Å². The van der Waals surface area contributed by atoms with Crippen LogP contribution in [0.2, 0.25) is 0 Å². The first kappa shape index (κ1) is 25.5. The topological polar surface area (TPSA) is 45.5 Å². The predicted molar refractivity (Wildman–Crippen MR) is 127 cm³/mol. The third kappa shape index (κ3) is 6.07. The van der Waals surface area contributed by atoms with Crippen LogP contribution in [0.25, 0.3) is 5.52 Å². The van der Waals surface area contributed by atoms with E-state index in [1.165, 1.54) is 13.0 Å². The molecule has 1 unspecified atom stereocenters. The number of piperidine rings is 1. The number of likely N-dealkylation sites (tertiary alicyclic amines) is 1. The van der Waals surface area contributed by atoms with E-state index in [1.54, 1.807) is 23.8 Å². The summed E-state index contributed by atoms with van der Waals surface area (Å²) in [6.07, 6.45) is 5.90. The molecule has 1 atom stereocenters. The van der Waals surface area contributed by atoms with Gasteiger partial charge < -0.3 is 10.2 Å². The van der Waals surface area contributed by atoms with Crippen LogP contribution in [0.4, 0.5) is 23.4 Å². The number of aryl methyl sites for hydroxylation is 1. The number of halogens is 4. The molecule has 2 aromatic heterocycles. The molecule has 0 aromatic carbocycles. The lowest BCUT2D eigenvalue weighted by molar-refractivity contribution is -0.0884. The van der Waals surface area contributed by atoms with Crippen LogP contribution < -0.4 is 5.32 Å². The van der Waals surface area contributed by atoms with Gasteiger partial charge in [0, 0.05) is 31.7 Å². The maximum absolute atomic E-state index is 14.6. The van der Waals surface area contributed by atoms with Crippen molar-refractivity contribution in [1.82, 2.24) is 19.5 Å². The van der Waals surface area contributed by atoms with E-state index < -0.39 is 17.6 Å². The lowest BCUT2D eigenvalue weighted by atomic mass is 9.98. The number of fused-ring (bicyclic) bond motifs is 1. The molecule has 0 amide bonds. The highest BCUT2D eigenvalue weighted by Gasteiger charge is 2.32. The summed E-state index contributed by atoms with van der Waals surface area (Å²) in [6, 6.07) is 1.82. The van der Waals surface area contributed by atoms with Crippen molar-refractivity contribution in [3.05, 3.63) is 71.1 Å². The second-order valence-corrected chi connectivity index (χ2v) is 8.36. The summed E-state index contributed by atoms with van der Waals surface area (Å²) in [5, 5.41) is 7.88. The Morgan fingerprint density at radius 1 is 1.32 bits per heavy atom. The van der Waals surface area contributed by atoms with Gasteiger partial charge in [-0.25, -0.2) is 13.9 Å². The second kappa shape index (κ2) is 10.9. The highest BCUT2D eigenvalue weighted by atomic mass is 19.4. The predicted octanol–water partition coefficient (Wildman–Crippen LogP) is 6.52. The molecule has 1 aliphatic rings. The third-order valence-electron chi connectivity index (χ3n) is 5.78. The first-order valence-corrected chi connectivity index (χ1v) is 11.4. The maximum Gasteiger partial charge on any atom is 0.416 e. The normalized spacial score (nSPS) is 19.9. The van der Waals surface area contributed by atoms with E-state index in [4.69, 9.17) is 0 Å². The van der Waals surface area contributed by atoms with Crippen LogP contribution in [0.1, 0.15) is 45.2 Å². The van der Waals surface area contributed by atoms with Crippen LogP contribution in [0.3, 0.4) is 0 Å². The zero-order valence-electron chi connectivity index (χ0n) is 20.0. The fourth-order valence-electron chi connectivity index (χ4n) is 4.13. The van der Waals surface area contributed by atoms with Gasteiger partial charge in [-0.05, 0) is 57.2 Å². The molecule has 184 valence electrons. The van der Waals surface area contributed by atoms with Crippen LogP contribution >= 0.6 is 0 Å². The Morgan fingerprint density at radius 3 is 2.76 bits per heavy atom. The Kier molecular flexibility index (Phi) is 8.17. The number of anilines is 1. The van der Waals surface area contributed by atoms with Gasteiger partial charge in [0.2, 0.25) is 0 Å². The molecule has 0 radical (unpaired) electrons. The van der Waals surface area contributed by atoms with Crippen molar-refractivity contribution < 1.29 is 17.6 Å². The lowest BCUT2D eigenvalue weighted by Crippen LogP contribution is -2.38. The van der Waals surface area contributed by atoms with E-state index in [0.29, 0.717) is 5.82 Å². The van der Waals surface area contributed by atoms with E-state index in [-0.39, 0.29) is 24.5 Å². The lowest BCUT2D eigenvalue weighted by Gasteiger charge is -2.35. The van der Waals surface area contributed by atoms with Gasteiger partial charge in [0.1, 0.15) is 11.3 Å². The second-order valence-electron chi connectivity index (χ2n) is 8.36. The molecule has 1 N–H and O–H groups in total. The minimum Gasteiger partial charge on any atom is -0.376 e. The summed E-state index contributed by atoms with van der Waals surface area (Å²) in [5.41, 5.74) is 1.77. The Labute approximate surface area is 197 Å². The monoisotopic (exact) mass is 477 g/mol. The molecule has 0 spiro atoms. The Hall–Kier alpha value is -3.10. The number of hydrogen-bond donors (Lipinski definition) is 1. The van der Waals surface area contributed by atoms with Crippen LogP contribution in [0, 0.1) is 6.92 Å². The molecule has 1 saturated heterocycles. The zero-order chi connectivity index (χ0) is 24.9. The number of hydrogen-bond acceptors (Lipinski definition) is 4. The molecule has 34 heavy (non-hydrogen) atoms. The summed E-state index contributed by atoms with van der Waals surface area (Å²) in [6.45, 7) is 5.81. The van der Waals surface area contributed by atoms with E-state index in [2.05, 4.69) is 20.3 Å². The summed E-state index contributed by atoms with van der Waals surface area (Å²) in [4.78, 5) is 6.52. The summed E-state index contributed by atoms with van der Waals surface area (Å²) >= 11 is 0. The van der Waals surface area contributed by atoms with Crippen LogP contribution in [-0.4, -0.2) is 45.3 Å². The van der Waals surface area contributed by atoms with E-state index >= 15 is 0 Å². The van der Waals surface area contributed by atoms with Crippen molar-refractivity contribution in [3.8, 4) is 0 Å². The van der Waals surface area contributed by atoms with Gasteiger partial charge in [-0.15, -0.1) is 0 Å². The Morgan fingerprint density at radius 2 is 2.09 bits per heavy atom. The SMILES string of the molecule is C\C=C(F)/C(=C\C(=C\CC)C(F)(F)F)C/C=C1/C(Nc2nccn3nc(C)cc23)CCCN1C. The molecular weight excluding hydrogens is 446 g/mol. The maximum atomic E-state index is 14.6. The molecule has 0 saturated carbocycles. The molecule has 3 heterocycles. The fraction of sp³-hybridized carbons (Fsp3) is 0.440. The van der Waals surface area contributed by atoms with Crippen molar-refractivity contribution in [2.24, 2.45) is 0 Å². The molecule has 1 fully saturated rings. The number of aromatic nitrogens is 3. The molecular formula is C25H31F4N5. The minimum absolute atomic E-state index is 0.00334. The van der Waals surface area contributed by atoms with Gasteiger partial charge >= 0.3 is 6.18 Å². The molecule has 3 rings (SSSR count). The van der Waals surface area contributed by atoms with Gasteiger partial charge in [-0.1, -0.05) is 25.2 Å². The van der Waals surface area contributed by atoms with Crippen molar-refractivity contribution >= 4 is 11.3 Å². The van der Waals surface area contributed by atoms with E-state index in [1.807, 2.05) is 26.1 Å². The fourth-order valence-corrected chi connectivity index (χ4v) is 4.13. The number of allylic oxidation sites excluding steroid dienone is 7. The number of likely N-dealkylation sites (N-methyl/N-ethyl adjacent to an activating group) is 1. The van der Waals surface area contributed by atoms with E-state index in [0.717, 1.165) is 48.4 Å². The quantitative estimate of drug-likeness (QED) is 0.364. The highest BCUT2D eigenvalue weighted by molar-refractivity contribution is 5.68. The standard InChI is InChI=1S/C25H31F4N5/c1-5-8-19(25(27,28)29)16-18(20(26)6-2)10-11-22-21(9-7-13-33(22)4)31-24-23-15-17(3)32-34(23)14-12-30-24/h6,8,11-12,14-16,21H,5,7,9-10,13H2,1-4H3,(H,30,31)/b18-16-,19-8-,20-6+,22-11-. The van der Waals surface area contributed by atoms with Crippen molar-refractivity contribution in [2.75, 3.05) is 18.9 Å². The van der Waals surface area contributed by atoms with Gasteiger partial charge in [0.15, 0.2) is 5.82 Å². The molecule has 9 heteroatoms.